The molecule has 22 heavy (non-hydrogen) atoms. The predicted octanol–water partition coefficient (Wildman–Crippen LogP) is 2.07. The molecule has 0 atom stereocenters. The maximum Gasteiger partial charge on any atom is 0.225 e. The van der Waals surface area contributed by atoms with Gasteiger partial charge in [0.2, 0.25) is 5.28 Å². The van der Waals surface area contributed by atoms with Crippen molar-refractivity contribution in [3.05, 3.63) is 16.8 Å². The topological polar surface area (TPSA) is 73.3 Å². The van der Waals surface area contributed by atoms with Gasteiger partial charge in [0, 0.05) is 25.9 Å². The Kier molecular flexibility index (Phi) is 3.53. The highest BCUT2D eigenvalue weighted by atomic mass is 35.5. The maximum absolute atomic E-state index is 6.08. The number of hydrogen-bond donors (Lipinski definition) is 0. The summed E-state index contributed by atoms with van der Waals surface area (Å²) in [7, 11) is 0. The van der Waals surface area contributed by atoms with Crippen LogP contribution >= 0.6 is 23.2 Å². The average Bonchev–Trinajstić information content (AvgIpc) is 2.97. The second-order valence-corrected chi connectivity index (χ2v) is 5.97. The van der Waals surface area contributed by atoms with Gasteiger partial charge in [-0.15, -0.1) is 0 Å². The standard InChI is InChI=1S/C13H13Cl2N5O2/c14-10-8-9(16-7-17-10)11(19-12(15)18-8)20-3-1-13(2-4-20)21-5-6-22-13/h7H,1-6H2. The second-order valence-electron chi connectivity index (χ2n) is 5.27. The number of ether oxygens (including phenoxy) is 2. The number of anilines is 1. The molecule has 116 valence electrons. The summed E-state index contributed by atoms with van der Waals surface area (Å²) in [5.41, 5.74) is 1.07. The van der Waals surface area contributed by atoms with E-state index in [1.54, 1.807) is 0 Å². The van der Waals surface area contributed by atoms with E-state index in [9.17, 15) is 0 Å². The summed E-state index contributed by atoms with van der Waals surface area (Å²) in [6.45, 7) is 2.80. The highest BCUT2D eigenvalue weighted by Gasteiger charge is 2.40. The van der Waals surface area contributed by atoms with Crippen LogP contribution in [-0.4, -0.2) is 52.0 Å². The first kappa shape index (κ1) is 14.3. The summed E-state index contributed by atoms with van der Waals surface area (Å²) in [6, 6.07) is 0. The van der Waals surface area contributed by atoms with Gasteiger partial charge in [-0.3, -0.25) is 0 Å². The summed E-state index contributed by atoms with van der Waals surface area (Å²) in [6.07, 6.45) is 2.95. The molecular formula is C13H13Cl2N5O2. The Bertz CT molecular complexity index is 713. The van der Waals surface area contributed by atoms with Crippen LogP contribution in [0.3, 0.4) is 0 Å². The normalized spacial score (nSPS) is 20.9. The molecule has 0 N–H and O–H groups in total. The van der Waals surface area contributed by atoms with Crippen molar-refractivity contribution in [1.29, 1.82) is 0 Å². The van der Waals surface area contributed by atoms with E-state index < -0.39 is 5.79 Å². The fraction of sp³-hybridized carbons (Fsp3) is 0.538. The molecule has 4 rings (SSSR count). The number of halogens is 2. The number of piperidine rings is 1. The van der Waals surface area contributed by atoms with Gasteiger partial charge >= 0.3 is 0 Å². The van der Waals surface area contributed by atoms with Gasteiger partial charge in [0.05, 0.1) is 13.2 Å². The van der Waals surface area contributed by atoms with Gasteiger partial charge in [-0.25, -0.2) is 15.0 Å². The summed E-state index contributed by atoms with van der Waals surface area (Å²) >= 11 is 12.1. The smallest absolute Gasteiger partial charge is 0.225 e. The van der Waals surface area contributed by atoms with Crippen molar-refractivity contribution in [2.24, 2.45) is 0 Å². The van der Waals surface area contributed by atoms with E-state index in [0.29, 0.717) is 30.1 Å². The average molecular weight is 342 g/mol. The van der Waals surface area contributed by atoms with E-state index in [4.69, 9.17) is 32.7 Å². The molecule has 2 saturated heterocycles. The minimum Gasteiger partial charge on any atom is -0.354 e. The zero-order chi connectivity index (χ0) is 15.2. The Balaban J connectivity index is 1.68. The Morgan fingerprint density at radius 1 is 1.00 bits per heavy atom. The first-order chi connectivity index (χ1) is 10.7. The number of nitrogens with zero attached hydrogens (tertiary/aromatic N) is 5. The Morgan fingerprint density at radius 3 is 2.45 bits per heavy atom. The molecule has 7 nitrogen and oxygen atoms in total. The van der Waals surface area contributed by atoms with Gasteiger partial charge in [-0.2, -0.15) is 4.98 Å². The predicted molar refractivity (Wildman–Crippen MR) is 81.2 cm³/mol. The lowest BCUT2D eigenvalue weighted by Gasteiger charge is -2.38. The van der Waals surface area contributed by atoms with Crippen LogP contribution in [0.25, 0.3) is 11.0 Å². The fourth-order valence-electron chi connectivity index (χ4n) is 2.94. The van der Waals surface area contributed by atoms with E-state index in [2.05, 4.69) is 24.8 Å². The number of aromatic nitrogens is 4. The Labute approximate surface area is 136 Å². The van der Waals surface area contributed by atoms with Crippen molar-refractivity contribution in [1.82, 2.24) is 19.9 Å². The van der Waals surface area contributed by atoms with Gasteiger partial charge in [0.15, 0.2) is 16.8 Å². The van der Waals surface area contributed by atoms with Gasteiger partial charge < -0.3 is 14.4 Å². The van der Waals surface area contributed by atoms with Crippen LogP contribution in [0.2, 0.25) is 10.4 Å². The minimum absolute atomic E-state index is 0.132. The molecule has 0 aliphatic carbocycles. The lowest BCUT2D eigenvalue weighted by Crippen LogP contribution is -2.45. The molecule has 1 spiro atoms. The molecule has 0 aromatic carbocycles. The van der Waals surface area contributed by atoms with Gasteiger partial charge in [-0.1, -0.05) is 11.6 Å². The largest absolute Gasteiger partial charge is 0.354 e. The molecule has 2 aromatic rings. The molecule has 2 aliphatic heterocycles. The Morgan fingerprint density at radius 2 is 1.73 bits per heavy atom. The summed E-state index contributed by atoms with van der Waals surface area (Å²) < 4.78 is 11.5. The molecule has 0 radical (unpaired) electrons. The first-order valence-electron chi connectivity index (χ1n) is 7.03. The lowest BCUT2D eigenvalue weighted by atomic mass is 10.0. The van der Waals surface area contributed by atoms with Crippen LogP contribution < -0.4 is 4.90 Å². The SMILES string of the molecule is Clc1nc(N2CCC3(CC2)OCCO3)c2ncnc(Cl)c2n1. The molecule has 0 amide bonds. The third-order valence-corrected chi connectivity index (χ3v) is 4.48. The Hall–Kier alpha value is -1.28. The van der Waals surface area contributed by atoms with Crippen LogP contribution in [-0.2, 0) is 9.47 Å². The second kappa shape index (κ2) is 5.42. The van der Waals surface area contributed by atoms with Crippen LogP contribution in [0.5, 0.6) is 0 Å². The molecule has 2 fully saturated rings. The van der Waals surface area contributed by atoms with Crippen molar-refractivity contribution < 1.29 is 9.47 Å². The van der Waals surface area contributed by atoms with Crippen molar-refractivity contribution in [2.45, 2.75) is 18.6 Å². The molecule has 2 aliphatic rings. The van der Waals surface area contributed by atoms with E-state index in [-0.39, 0.29) is 10.4 Å². The monoisotopic (exact) mass is 341 g/mol. The van der Waals surface area contributed by atoms with Crippen LogP contribution in [0, 0.1) is 0 Å². The highest BCUT2D eigenvalue weighted by molar-refractivity contribution is 6.34. The first-order valence-corrected chi connectivity index (χ1v) is 7.79. The summed E-state index contributed by atoms with van der Waals surface area (Å²) in [5.74, 6) is 0.239. The van der Waals surface area contributed by atoms with Gasteiger partial charge in [0.25, 0.3) is 0 Å². The lowest BCUT2D eigenvalue weighted by molar-refractivity contribution is -0.169. The number of rotatable bonds is 1. The molecular weight excluding hydrogens is 329 g/mol. The number of fused-ring (bicyclic) bond motifs is 1. The van der Waals surface area contributed by atoms with E-state index in [1.165, 1.54) is 6.33 Å². The quantitative estimate of drug-likeness (QED) is 0.580. The van der Waals surface area contributed by atoms with Gasteiger partial charge in [0.1, 0.15) is 17.4 Å². The summed E-state index contributed by atoms with van der Waals surface area (Å²) in [4.78, 5) is 18.8. The maximum atomic E-state index is 6.08. The third kappa shape index (κ3) is 2.38. The zero-order valence-electron chi connectivity index (χ0n) is 11.6. The van der Waals surface area contributed by atoms with E-state index in [0.717, 1.165) is 25.9 Å². The van der Waals surface area contributed by atoms with E-state index >= 15 is 0 Å². The third-order valence-electron chi connectivity index (χ3n) is 4.03. The molecule has 9 heteroatoms. The molecule has 0 unspecified atom stereocenters. The van der Waals surface area contributed by atoms with Crippen LogP contribution in [0.1, 0.15) is 12.8 Å². The number of hydrogen-bond acceptors (Lipinski definition) is 7. The molecule has 0 saturated carbocycles. The zero-order valence-corrected chi connectivity index (χ0v) is 13.1. The minimum atomic E-state index is -0.435. The van der Waals surface area contributed by atoms with Crippen molar-refractivity contribution in [3.8, 4) is 0 Å². The van der Waals surface area contributed by atoms with Crippen molar-refractivity contribution in [2.75, 3.05) is 31.2 Å². The fourth-order valence-corrected chi connectivity index (χ4v) is 3.28. The van der Waals surface area contributed by atoms with Crippen LogP contribution in [0.4, 0.5) is 5.82 Å². The van der Waals surface area contributed by atoms with Crippen molar-refractivity contribution in [3.63, 3.8) is 0 Å². The molecule has 0 bridgehead atoms. The van der Waals surface area contributed by atoms with Crippen LogP contribution in [0.15, 0.2) is 6.33 Å². The molecule has 2 aromatic heterocycles. The summed E-state index contributed by atoms with van der Waals surface area (Å²) in [5, 5.41) is 0.402. The van der Waals surface area contributed by atoms with Crippen molar-refractivity contribution >= 4 is 40.1 Å². The van der Waals surface area contributed by atoms with E-state index in [1.807, 2.05) is 0 Å². The molecule has 4 heterocycles. The highest BCUT2D eigenvalue weighted by Crippen LogP contribution is 2.35. The van der Waals surface area contributed by atoms with Gasteiger partial charge in [-0.05, 0) is 11.6 Å².